The van der Waals surface area contributed by atoms with E-state index in [9.17, 15) is 19.2 Å². The van der Waals surface area contributed by atoms with Crippen molar-refractivity contribution in [3.05, 3.63) is 12.7 Å². The lowest BCUT2D eigenvalue weighted by atomic mass is 9.81. The van der Waals surface area contributed by atoms with Gasteiger partial charge in [0.2, 0.25) is 17.6 Å². The number of amides is 3. The molecule has 184 valence electrons. The Hall–Kier alpha value is -2.18. The number of ketones is 1. The van der Waals surface area contributed by atoms with E-state index in [1.54, 1.807) is 4.90 Å². The number of hydrogen-bond acceptors (Lipinski definition) is 4. The number of carbonyl (C=O) groups excluding carboxylic acids is 4. The second-order valence-corrected chi connectivity index (χ2v) is 11.3. The zero-order chi connectivity index (χ0) is 24.3. The minimum atomic E-state index is -0.861. The van der Waals surface area contributed by atoms with Crippen LogP contribution in [0.15, 0.2) is 12.7 Å². The summed E-state index contributed by atoms with van der Waals surface area (Å²) in [6, 6.07) is -1.43. The molecule has 0 radical (unpaired) electrons. The molecule has 7 nitrogen and oxygen atoms in total. The van der Waals surface area contributed by atoms with Gasteiger partial charge in [-0.2, -0.15) is 0 Å². The summed E-state index contributed by atoms with van der Waals surface area (Å²) >= 11 is 0. The fourth-order valence-electron chi connectivity index (χ4n) is 5.23. The molecule has 0 aromatic heterocycles. The quantitative estimate of drug-likeness (QED) is 0.388. The van der Waals surface area contributed by atoms with Crippen LogP contribution < -0.4 is 10.6 Å². The first-order valence-corrected chi connectivity index (χ1v) is 12.6. The van der Waals surface area contributed by atoms with Gasteiger partial charge in [-0.15, -0.1) is 6.58 Å². The number of nitrogens with one attached hydrogen (secondary N) is 2. The van der Waals surface area contributed by atoms with Gasteiger partial charge in [0.05, 0.1) is 6.04 Å². The molecule has 3 amide bonds. The Labute approximate surface area is 198 Å². The van der Waals surface area contributed by atoms with E-state index in [0.29, 0.717) is 24.8 Å². The lowest BCUT2D eigenvalue weighted by Crippen LogP contribution is -2.55. The van der Waals surface area contributed by atoms with Gasteiger partial charge in [0, 0.05) is 19.0 Å². The van der Waals surface area contributed by atoms with Crippen LogP contribution in [0.3, 0.4) is 0 Å². The topological polar surface area (TPSA) is 95.6 Å². The molecule has 3 rings (SSSR count). The minimum absolute atomic E-state index is 0.00151. The van der Waals surface area contributed by atoms with E-state index >= 15 is 0 Å². The average Bonchev–Trinajstić information content (AvgIpc) is 3.36. The van der Waals surface area contributed by atoms with Crippen LogP contribution in [0.25, 0.3) is 0 Å². The van der Waals surface area contributed by atoms with Crippen LogP contribution >= 0.6 is 0 Å². The maximum atomic E-state index is 13.6. The summed E-state index contributed by atoms with van der Waals surface area (Å²) in [6.45, 7) is 12.4. The molecule has 0 spiro atoms. The van der Waals surface area contributed by atoms with Crippen molar-refractivity contribution in [1.82, 2.24) is 15.5 Å². The third-order valence-electron chi connectivity index (χ3n) is 7.94. The third-order valence-corrected chi connectivity index (χ3v) is 7.94. The number of rotatable bonds is 10. The zero-order valence-electron chi connectivity index (χ0n) is 20.7. The zero-order valence-corrected chi connectivity index (χ0v) is 20.7. The number of carbonyl (C=O) groups is 4. The molecule has 1 aliphatic heterocycles. The molecule has 0 aromatic carbocycles. The fourth-order valence-corrected chi connectivity index (χ4v) is 5.23. The molecular weight excluding hydrogens is 418 g/mol. The molecule has 0 bridgehead atoms. The van der Waals surface area contributed by atoms with E-state index < -0.39 is 23.8 Å². The van der Waals surface area contributed by atoms with Crippen LogP contribution in [0.4, 0.5) is 0 Å². The van der Waals surface area contributed by atoms with Crippen LogP contribution in [0.2, 0.25) is 0 Å². The van der Waals surface area contributed by atoms with Crippen LogP contribution in [-0.4, -0.2) is 53.6 Å². The number of nitrogens with zero attached hydrogens (tertiary/aromatic N) is 1. The molecule has 2 N–H and O–H groups in total. The summed E-state index contributed by atoms with van der Waals surface area (Å²) in [4.78, 5) is 54.0. The van der Waals surface area contributed by atoms with E-state index in [0.717, 1.165) is 38.5 Å². The van der Waals surface area contributed by atoms with Gasteiger partial charge in [0.15, 0.2) is 0 Å². The predicted octanol–water partition coefficient (Wildman–Crippen LogP) is 2.84. The van der Waals surface area contributed by atoms with Crippen LogP contribution in [0.1, 0.15) is 72.6 Å². The summed E-state index contributed by atoms with van der Waals surface area (Å²) in [5, 5.41) is 5.44. The highest BCUT2D eigenvalue weighted by Crippen LogP contribution is 2.44. The number of hydrogen-bond donors (Lipinski definition) is 2. The Morgan fingerprint density at radius 2 is 1.82 bits per heavy atom. The standard InChI is InChI=1S/C26H41N3O4/c1-6-14-27-24(32)22(30)20(13-12-17-10-11-17)28-23(31)21-19-9-7-8-18(19)15-29(21)25(33)16(2)26(3,4)5/h6,16-21H,1,7-15H2,2-5H3,(H,27,32)(H,28,31)/t16?,18-,19-,20-,21-/m0/s1. The van der Waals surface area contributed by atoms with Gasteiger partial charge in [-0.3, -0.25) is 19.2 Å². The smallest absolute Gasteiger partial charge is 0.289 e. The number of likely N-dealkylation sites (tertiary alicyclic amines) is 1. The van der Waals surface area contributed by atoms with Crippen LogP contribution in [-0.2, 0) is 19.2 Å². The molecule has 1 heterocycles. The monoisotopic (exact) mass is 459 g/mol. The van der Waals surface area contributed by atoms with Crippen molar-refractivity contribution in [1.29, 1.82) is 0 Å². The van der Waals surface area contributed by atoms with Gasteiger partial charge >= 0.3 is 0 Å². The lowest BCUT2D eigenvalue weighted by molar-refractivity contribution is -0.146. The van der Waals surface area contributed by atoms with Crippen molar-refractivity contribution in [3.63, 3.8) is 0 Å². The summed E-state index contributed by atoms with van der Waals surface area (Å²) in [7, 11) is 0. The van der Waals surface area contributed by atoms with Gasteiger partial charge in [-0.25, -0.2) is 0 Å². The molecule has 7 heteroatoms. The van der Waals surface area contributed by atoms with Crippen LogP contribution in [0, 0.1) is 29.1 Å². The van der Waals surface area contributed by atoms with E-state index in [1.165, 1.54) is 6.08 Å². The Balaban J connectivity index is 1.76. The highest BCUT2D eigenvalue weighted by atomic mass is 16.2. The summed E-state index contributed by atoms with van der Waals surface area (Å²) in [5.41, 5.74) is -0.207. The first-order chi connectivity index (χ1) is 15.5. The van der Waals surface area contributed by atoms with Crippen molar-refractivity contribution >= 4 is 23.5 Å². The Morgan fingerprint density at radius 3 is 2.42 bits per heavy atom. The average molecular weight is 460 g/mol. The maximum absolute atomic E-state index is 13.6. The van der Waals surface area contributed by atoms with Gasteiger partial charge in [0.25, 0.3) is 5.91 Å². The molecule has 0 aromatic rings. The normalized spacial score (nSPS) is 26.3. The summed E-state index contributed by atoms with van der Waals surface area (Å²) in [6.07, 6.45) is 8.04. The van der Waals surface area contributed by atoms with E-state index in [4.69, 9.17) is 0 Å². The molecule has 5 atom stereocenters. The molecule has 2 saturated carbocycles. The van der Waals surface area contributed by atoms with Gasteiger partial charge in [0.1, 0.15) is 6.04 Å². The van der Waals surface area contributed by atoms with E-state index in [2.05, 4.69) is 17.2 Å². The second kappa shape index (κ2) is 10.4. The fraction of sp³-hybridized carbons (Fsp3) is 0.769. The lowest BCUT2D eigenvalue weighted by Gasteiger charge is -2.34. The van der Waals surface area contributed by atoms with E-state index in [1.807, 2.05) is 27.7 Å². The summed E-state index contributed by atoms with van der Waals surface area (Å²) in [5.74, 6) is -0.800. The third kappa shape index (κ3) is 6.04. The van der Waals surface area contributed by atoms with Gasteiger partial charge < -0.3 is 15.5 Å². The van der Waals surface area contributed by atoms with Crippen LogP contribution in [0.5, 0.6) is 0 Å². The maximum Gasteiger partial charge on any atom is 0.289 e. The molecule has 1 saturated heterocycles. The number of fused-ring (bicyclic) bond motifs is 1. The first kappa shape index (κ1) is 25.4. The summed E-state index contributed by atoms with van der Waals surface area (Å²) < 4.78 is 0. The molecule has 33 heavy (non-hydrogen) atoms. The van der Waals surface area contributed by atoms with Crippen molar-refractivity contribution < 1.29 is 19.2 Å². The van der Waals surface area contributed by atoms with E-state index in [-0.39, 0.29) is 35.6 Å². The number of Topliss-reactive ketones (excluding diaryl/α,β-unsaturated/α-hetero) is 1. The van der Waals surface area contributed by atoms with Crippen molar-refractivity contribution in [2.24, 2.45) is 29.1 Å². The van der Waals surface area contributed by atoms with Gasteiger partial charge in [-0.05, 0) is 48.9 Å². The second-order valence-electron chi connectivity index (χ2n) is 11.3. The Kier molecular flexibility index (Phi) is 8.01. The van der Waals surface area contributed by atoms with Gasteiger partial charge in [-0.1, -0.05) is 53.0 Å². The highest BCUT2D eigenvalue weighted by Gasteiger charge is 2.51. The van der Waals surface area contributed by atoms with Crippen molar-refractivity contribution in [2.45, 2.75) is 84.7 Å². The Bertz CT molecular complexity index is 783. The van der Waals surface area contributed by atoms with Crippen molar-refractivity contribution in [3.8, 4) is 0 Å². The molecule has 2 aliphatic carbocycles. The molecule has 3 fully saturated rings. The minimum Gasteiger partial charge on any atom is -0.346 e. The van der Waals surface area contributed by atoms with Crippen molar-refractivity contribution in [2.75, 3.05) is 13.1 Å². The first-order valence-electron chi connectivity index (χ1n) is 12.6. The molecule has 3 aliphatic rings. The SMILES string of the molecule is C=CCNC(=O)C(=O)[C@H](CCC1CC1)NC(=O)[C@@H]1[C@H]2CCC[C@H]2CN1C(=O)C(C)C(C)(C)C. The largest absolute Gasteiger partial charge is 0.346 e. The Morgan fingerprint density at radius 1 is 1.12 bits per heavy atom. The molecule has 1 unspecified atom stereocenters. The highest BCUT2D eigenvalue weighted by molar-refractivity contribution is 6.38. The predicted molar refractivity (Wildman–Crippen MR) is 127 cm³/mol. The molecular formula is C26H41N3O4.